The minimum absolute atomic E-state index is 0.0220. The number of halogens is 1. The summed E-state index contributed by atoms with van der Waals surface area (Å²) < 4.78 is 27.1. The van der Waals surface area contributed by atoms with Gasteiger partial charge in [0.1, 0.15) is 5.78 Å². The molecule has 4 saturated carbocycles. The molecule has 1 spiro atoms. The molecule has 0 aromatic heterocycles. The molecule has 5 aliphatic rings. The highest BCUT2D eigenvalue weighted by molar-refractivity contribution is 5.92. The van der Waals surface area contributed by atoms with E-state index < -0.39 is 12.0 Å². The van der Waals surface area contributed by atoms with E-state index in [-0.39, 0.29) is 22.7 Å². The molecule has 144 valence electrons. The number of fused-ring (bicyclic) bond motifs is 6. The second kappa shape index (κ2) is 5.38. The van der Waals surface area contributed by atoms with Crippen LogP contribution in [0.3, 0.4) is 0 Å². The van der Waals surface area contributed by atoms with Crippen molar-refractivity contribution in [1.29, 1.82) is 5.41 Å². The molecule has 4 nitrogen and oxygen atoms in total. The first-order chi connectivity index (χ1) is 12.3. The third kappa shape index (κ3) is 1.92. The maximum Gasteiger partial charge on any atom is 0.205 e. The van der Waals surface area contributed by atoms with Gasteiger partial charge in [0.25, 0.3) is 0 Å². The van der Waals surface area contributed by atoms with Crippen molar-refractivity contribution < 1.29 is 18.7 Å². The molecule has 1 aliphatic heterocycles. The van der Waals surface area contributed by atoms with E-state index in [9.17, 15) is 4.79 Å². The number of nitrogens with one attached hydrogen (secondary N) is 1. The number of ether oxygens (including phenoxy) is 2. The monoisotopic (exact) mass is 363 g/mol. The fraction of sp³-hybridized carbons (Fsp3) is 0.905. The molecular weight excluding hydrogens is 333 g/mol. The Labute approximate surface area is 154 Å². The van der Waals surface area contributed by atoms with Crippen LogP contribution in [0, 0.1) is 39.9 Å². The molecule has 1 N–H and O–H groups in total. The van der Waals surface area contributed by atoms with Crippen LogP contribution in [0.25, 0.3) is 0 Å². The van der Waals surface area contributed by atoms with Crippen molar-refractivity contribution in [1.82, 2.24) is 0 Å². The Balaban J connectivity index is 1.52. The van der Waals surface area contributed by atoms with Crippen LogP contribution in [0.1, 0.15) is 58.8 Å². The molecule has 4 unspecified atom stereocenters. The molecule has 0 bridgehead atoms. The number of hydrogen-bond donors (Lipinski definition) is 1. The quantitative estimate of drug-likeness (QED) is 0.710. The van der Waals surface area contributed by atoms with Crippen molar-refractivity contribution in [3.8, 4) is 0 Å². The number of ketones is 1. The molecule has 5 heteroatoms. The van der Waals surface area contributed by atoms with E-state index in [0.717, 1.165) is 31.4 Å². The zero-order valence-electron chi connectivity index (χ0n) is 15.9. The lowest BCUT2D eigenvalue weighted by atomic mass is 9.44. The number of rotatable bonds is 0. The Bertz CT molecular complexity index is 660. The third-order valence-corrected chi connectivity index (χ3v) is 9.11. The van der Waals surface area contributed by atoms with E-state index in [1.807, 2.05) is 0 Å². The third-order valence-electron chi connectivity index (χ3n) is 9.11. The minimum atomic E-state index is -1.08. The summed E-state index contributed by atoms with van der Waals surface area (Å²) in [6.07, 6.45) is 4.17. The first-order valence-electron chi connectivity index (χ1n) is 10.3. The predicted molar refractivity (Wildman–Crippen MR) is 94.8 cm³/mol. The summed E-state index contributed by atoms with van der Waals surface area (Å²) in [4.78, 5) is 12.0. The topological polar surface area (TPSA) is 59.4 Å². The lowest BCUT2D eigenvalue weighted by Gasteiger charge is -2.60. The Morgan fingerprint density at radius 3 is 2.58 bits per heavy atom. The van der Waals surface area contributed by atoms with Gasteiger partial charge in [-0.25, -0.2) is 4.39 Å². The van der Waals surface area contributed by atoms with Crippen LogP contribution in [0.4, 0.5) is 4.39 Å². The predicted octanol–water partition coefficient (Wildman–Crippen LogP) is 3.92. The maximum absolute atomic E-state index is 15.2. The van der Waals surface area contributed by atoms with Gasteiger partial charge in [0.2, 0.25) is 5.79 Å². The van der Waals surface area contributed by atoms with Gasteiger partial charge >= 0.3 is 0 Å². The van der Waals surface area contributed by atoms with Crippen LogP contribution in [0.2, 0.25) is 0 Å². The van der Waals surface area contributed by atoms with E-state index >= 15 is 4.39 Å². The molecule has 0 aromatic rings. The van der Waals surface area contributed by atoms with Crippen molar-refractivity contribution in [2.24, 2.45) is 34.5 Å². The number of alkyl halides is 1. The summed E-state index contributed by atoms with van der Waals surface area (Å²) in [6.45, 7) is 5.43. The number of Topliss-reactive ketones (excluding diaryl/α,β-unsaturated/α-hetero) is 1. The number of carbonyl (C=O) groups is 1. The molecule has 0 amide bonds. The molecule has 0 radical (unpaired) electrons. The summed E-state index contributed by atoms with van der Waals surface area (Å²) in [7, 11) is 0. The lowest BCUT2D eigenvalue weighted by Crippen LogP contribution is -2.59. The molecule has 0 aromatic carbocycles. The van der Waals surface area contributed by atoms with E-state index in [4.69, 9.17) is 14.9 Å². The smallest absolute Gasteiger partial charge is 0.205 e. The van der Waals surface area contributed by atoms with Gasteiger partial charge in [0.15, 0.2) is 6.17 Å². The normalized spacial score (nSPS) is 52.7. The van der Waals surface area contributed by atoms with Crippen molar-refractivity contribution in [2.75, 3.05) is 13.2 Å². The van der Waals surface area contributed by atoms with E-state index in [0.29, 0.717) is 50.1 Å². The summed E-state index contributed by atoms with van der Waals surface area (Å²) >= 11 is 0. The first kappa shape index (κ1) is 17.3. The molecule has 5 fully saturated rings. The average molecular weight is 363 g/mol. The maximum atomic E-state index is 15.2. The molecule has 7 atom stereocenters. The minimum Gasteiger partial charge on any atom is -0.344 e. The Morgan fingerprint density at radius 1 is 1.12 bits per heavy atom. The highest BCUT2D eigenvalue weighted by Crippen LogP contribution is 2.69. The Kier molecular flexibility index (Phi) is 3.58. The first-order valence-corrected chi connectivity index (χ1v) is 10.3. The summed E-state index contributed by atoms with van der Waals surface area (Å²) in [5.74, 6) is 0.353. The van der Waals surface area contributed by atoms with Crippen LogP contribution in [-0.2, 0) is 14.3 Å². The Hall–Kier alpha value is -0.810. The highest BCUT2D eigenvalue weighted by Gasteiger charge is 2.71. The average Bonchev–Trinajstić information content (AvgIpc) is 3.18. The van der Waals surface area contributed by atoms with Gasteiger partial charge < -0.3 is 14.9 Å². The largest absolute Gasteiger partial charge is 0.344 e. The van der Waals surface area contributed by atoms with E-state index in [1.54, 1.807) is 0 Å². The van der Waals surface area contributed by atoms with Crippen LogP contribution in [0.5, 0.6) is 0 Å². The summed E-state index contributed by atoms with van der Waals surface area (Å²) in [6, 6.07) is 0. The summed E-state index contributed by atoms with van der Waals surface area (Å²) in [5, 5.41) is 8.71. The zero-order valence-corrected chi connectivity index (χ0v) is 15.9. The standard InChI is InChI=1S/C21H30FNO3/c1-19-5-3-12(24)9-16(19)17(23)10-13-14(19)4-6-20(2)15(13)11-18(22)21(20)25-7-8-26-21/h13-16,18,23H,3-11H2,1-2H3/t13?,14?,15?,16?,18-,19-,20+/m1/s1. The molecule has 4 aliphatic carbocycles. The van der Waals surface area contributed by atoms with Crippen LogP contribution in [0.15, 0.2) is 0 Å². The summed E-state index contributed by atoms with van der Waals surface area (Å²) in [5.41, 5.74) is 0.447. The fourth-order valence-corrected chi connectivity index (χ4v) is 7.76. The van der Waals surface area contributed by atoms with Gasteiger partial charge in [0, 0.05) is 29.9 Å². The zero-order chi connectivity index (χ0) is 18.3. The van der Waals surface area contributed by atoms with Crippen molar-refractivity contribution in [3.63, 3.8) is 0 Å². The van der Waals surface area contributed by atoms with Crippen molar-refractivity contribution in [3.05, 3.63) is 0 Å². The lowest BCUT2D eigenvalue weighted by molar-refractivity contribution is -0.263. The fourth-order valence-electron chi connectivity index (χ4n) is 7.76. The molecular formula is C21H30FNO3. The second-order valence-electron chi connectivity index (χ2n) is 9.93. The van der Waals surface area contributed by atoms with Gasteiger partial charge in [-0.3, -0.25) is 4.79 Å². The van der Waals surface area contributed by atoms with Crippen LogP contribution >= 0.6 is 0 Å². The molecule has 1 heterocycles. The van der Waals surface area contributed by atoms with Gasteiger partial charge in [-0.15, -0.1) is 0 Å². The van der Waals surface area contributed by atoms with Gasteiger partial charge in [-0.05, 0) is 55.3 Å². The second-order valence-corrected chi connectivity index (χ2v) is 9.93. The molecule has 1 saturated heterocycles. The SMILES string of the molecule is C[C@]12CCC(=O)CC1C(=N)CC1C2CC[C@@]2(C)C1C[C@@H](F)C21OCCO1. The van der Waals surface area contributed by atoms with Gasteiger partial charge in [-0.1, -0.05) is 13.8 Å². The number of hydrogen-bond acceptors (Lipinski definition) is 4. The van der Waals surface area contributed by atoms with E-state index in [1.165, 1.54) is 0 Å². The Morgan fingerprint density at radius 2 is 1.85 bits per heavy atom. The molecule has 5 rings (SSSR count). The highest BCUT2D eigenvalue weighted by atomic mass is 19.1. The number of carbonyl (C=O) groups excluding carboxylic acids is 1. The van der Waals surface area contributed by atoms with Crippen molar-refractivity contribution >= 4 is 11.5 Å². The van der Waals surface area contributed by atoms with Gasteiger partial charge in [0.05, 0.1) is 13.2 Å². The van der Waals surface area contributed by atoms with Crippen LogP contribution < -0.4 is 0 Å². The van der Waals surface area contributed by atoms with Crippen LogP contribution in [-0.4, -0.2) is 36.7 Å². The van der Waals surface area contributed by atoms with Crippen molar-refractivity contribution in [2.45, 2.75) is 70.8 Å². The van der Waals surface area contributed by atoms with E-state index in [2.05, 4.69) is 13.8 Å². The molecule has 26 heavy (non-hydrogen) atoms. The van der Waals surface area contributed by atoms with Gasteiger partial charge in [-0.2, -0.15) is 0 Å².